The molecule has 1 heterocycles. The maximum absolute atomic E-state index is 12.3. The van der Waals surface area contributed by atoms with Crippen LogP contribution < -0.4 is 5.32 Å². The Balaban J connectivity index is 1.65. The van der Waals surface area contributed by atoms with Gasteiger partial charge in [-0.2, -0.15) is 0 Å². The van der Waals surface area contributed by atoms with Crippen LogP contribution in [0.4, 0.5) is 0 Å². The van der Waals surface area contributed by atoms with Gasteiger partial charge in [-0.1, -0.05) is 11.6 Å². The summed E-state index contributed by atoms with van der Waals surface area (Å²) in [5, 5.41) is 3.16. The third kappa shape index (κ3) is 3.90. The zero-order valence-electron chi connectivity index (χ0n) is 12.6. The molecule has 2 aliphatic rings. The molecule has 1 atom stereocenters. The van der Waals surface area contributed by atoms with Gasteiger partial charge in [-0.15, -0.1) is 0 Å². The zero-order valence-corrected chi connectivity index (χ0v) is 12.6. The number of carbonyl (C=O) groups excluding carboxylic acids is 1. The third-order valence-corrected chi connectivity index (χ3v) is 4.27. The summed E-state index contributed by atoms with van der Waals surface area (Å²) in [6.45, 7) is 1.96. The van der Waals surface area contributed by atoms with Crippen molar-refractivity contribution in [2.75, 3.05) is 0 Å². The molecule has 21 heavy (non-hydrogen) atoms. The first kappa shape index (κ1) is 14.2. The Morgan fingerprint density at radius 2 is 2.29 bits per heavy atom. The molecule has 112 valence electrons. The predicted molar refractivity (Wildman–Crippen MR) is 81.5 cm³/mol. The molecule has 3 rings (SSSR count). The lowest BCUT2D eigenvalue weighted by Gasteiger charge is -2.18. The Bertz CT molecular complexity index is 549. The van der Waals surface area contributed by atoms with Crippen molar-refractivity contribution in [3.8, 4) is 0 Å². The Morgan fingerprint density at radius 1 is 1.43 bits per heavy atom. The first-order valence-electron chi connectivity index (χ1n) is 7.99. The number of rotatable bonds is 5. The topological polar surface area (TPSA) is 54.9 Å². The van der Waals surface area contributed by atoms with E-state index >= 15 is 0 Å². The summed E-state index contributed by atoms with van der Waals surface area (Å²) in [7, 11) is 0. The molecule has 1 saturated carbocycles. The molecule has 1 aromatic heterocycles. The molecular weight excluding hydrogens is 262 g/mol. The number of aromatic nitrogens is 2. The SMILES string of the molecule is Cc1ccnc([C@H](NC(=O)CC2=CCCCC2)C2CC2)n1. The van der Waals surface area contributed by atoms with Gasteiger partial charge in [0.1, 0.15) is 0 Å². The number of hydrogen-bond donors (Lipinski definition) is 1. The van der Waals surface area contributed by atoms with Gasteiger partial charge in [-0.05, 0) is 57.4 Å². The van der Waals surface area contributed by atoms with E-state index in [0.29, 0.717) is 12.3 Å². The molecule has 0 aliphatic heterocycles. The summed E-state index contributed by atoms with van der Waals surface area (Å²) >= 11 is 0. The van der Waals surface area contributed by atoms with Crippen molar-refractivity contribution in [2.45, 2.75) is 57.9 Å². The van der Waals surface area contributed by atoms with E-state index in [1.165, 1.54) is 18.4 Å². The van der Waals surface area contributed by atoms with Crippen LogP contribution in [0.15, 0.2) is 23.9 Å². The highest BCUT2D eigenvalue weighted by Gasteiger charge is 2.35. The summed E-state index contributed by atoms with van der Waals surface area (Å²) < 4.78 is 0. The largest absolute Gasteiger partial charge is 0.346 e. The van der Waals surface area contributed by atoms with Crippen molar-refractivity contribution in [1.82, 2.24) is 15.3 Å². The van der Waals surface area contributed by atoms with Crippen LogP contribution in [0, 0.1) is 12.8 Å². The van der Waals surface area contributed by atoms with E-state index in [2.05, 4.69) is 21.4 Å². The monoisotopic (exact) mass is 285 g/mol. The van der Waals surface area contributed by atoms with Gasteiger partial charge in [-0.3, -0.25) is 4.79 Å². The minimum absolute atomic E-state index is 0.0124. The number of amides is 1. The molecule has 1 fully saturated rings. The number of aryl methyl sites for hydroxylation is 1. The van der Waals surface area contributed by atoms with Gasteiger partial charge < -0.3 is 5.32 Å². The van der Waals surface area contributed by atoms with Crippen molar-refractivity contribution < 1.29 is 4.79 Å². The fourth-order valence-corrected chi connectivity index (χ4v) is 2.94. The number of carbonyl (C=O) groups is 1. The van der Waals surface area contributed by atoms with E-state index in [-0.39, 0.29) is 11.9 Å². The second kappa shape index (κ2) is 6.37. The number of nitrogens with one attached hydrogen (secondary N) is 1. The fourth-order valence-electron chi connectivity index (χ4n) is 2.94. The van der Waals surface area contributed by atoms with Crippen molar-refractivity contribution in [2.24, 2.45) is 5.92 Å². The summed E-state index contributed by atoms with van der Waals surface area (Å²) in [6.07, 6.45) is 11.5. The van der Waals surface area contributed by atoms with Gasteiger partial charge in [0.25, 0.3) is 0 Å². The quantitative estimate of drug-likeness (QED) is 0.845. The molecule has 0 aromatic carbocycles. The Labute approximate surface area is 126 Å². The first-order valence-corrected chi connectivity index (χ1v) is 7.99. The van der Waals surface area contributed by atoms with Crippen LogP contribution in [0.3, 0.4) is 0 Å². The van der Waals surface area contributed by atoms with E-state index < -0.39 is 0 Å². The standard InChI is InChI=1S/C17H23N3O/c1-12-9-10-18-17(19-12)16(14-7-8-14)20-15(21)11-13-5-3-2-4-6-13/h5,9-10,14,16H,2-4,6-8,11H2,1H3,(H,20,21)/t16-/m1/s1. The van der Waals surface area contributed by atoms with E-state index in [1.54, 1.807) is 6.20 Å². The summed E-state index contributed by atoms with van der Waals surface area (Å²) in [4.78, 5) is 21.2. The summed E-state index contributed by atoms with van der Waals surface area (Å²) in [5.41, 5.74) is 2.24. The van der Waals surface area contributed by atoms with Gasteiger partial charge in [0, 0.05) is 18.3 Å². The van der Waals surface area contributed by atoms with Crippen LogP contribution >= 0.6 is 0 Å². The van der Waals surface area contributed by atoms with Gasteiger partial charge in [-0.25, -0.2) is 9.97 Å². The van der Waals surface area contributed by atoms with Crippen molar-refractivity contribution in [3.05, 3.63) is 35.4 Å². The summed E-state index contributed by atoms with van der Waals surface area (Å²) in [6, 6.07) is 1.88. The van der Waals surface area contributed by atoms with E-state index in [1.807, 2.05) is 13.0 Å². The smallest absolute Gasteiger partial charge is 0.224 e. The van der Waals surface area contributed by atoms with Gasteiger partial charge in [0.15, 0.2) is 5.82 Å². The minimum atomic E-state index is -0.0124. The highest BCUT2D eigenvalue weighted by Crippen LogP contribution is 2.40. The zero-order chi connectivity index (χ0) is 14.7. The maximum atomic E-state index is 12.3. The highest BCUT2D eigenvalue weighted by molar-refractivity contribution is 5.79. The molecule has 0 radical (unpaired) electrons. The molecular formula is C17H23N3O. The second-order valence-corrected chi connectivity index (χ2v) is 6.22. The average Bonchev–Trinajstić information content (AvgIpc) is 3.30. The molecule has 2 aliphatic carbocycles. The Morgan fingerprint density at radius 3 is 2.95 bits per heavy atom. The lowest BCUT2D eigenvalue weighted by molar-refractivity contribution is -0.121. The average molecular weight is 285 g/mol. The molecule has 1 aromatic rings. The molecule has 4 heteroatoms. The van der Waals surface area contributed by atoms with Gasteiger partial charge in [0.05, 0.1) is 6.04 Å². The van der Waals surface area contributed by atoms with E-state index in [4.69, 9.17) is 0 Å². The van der Waals surface area contributed by atoms with Crippen LogP contribution in [-0.2, 0) is 4.79 Å². The Hall–Kier alpha value is -1.71. The lowest BCUT2D eigenvalue weighted by Crippen LogP contribution is -2.31. The van der Waals surface area contributed by atoms with Crippen molar-refractivity contribution in [3.63, 3.8) is 0 Å². The molecule has 1 amide bonds. The normalized spacial score (nSPS) is 19.8. The lowest BCUT2D eigenvalue weighted by atomic mass is 9.97. The van der Waals surface area contributed by atoms with Crippen LogP contribution in [0.1, 0.15) is 62.5 Å². The van der Waals surface area contributed by atoms with Crippen LogP contribution in [-0.4, -0.2) is 15.9 Å². The molecule has 1 N–H and O–H groups in total. The molecule has 0 unspecified atom stereocenters. The van der Waals surface area contributed by atoms with E-state index in [0.717, 1.165) is 37.2 Å². The van der Waals surface area contributed by atoms with E-state index in [9.17, 15) is 4.79 Å². The molecule has 0 saturated heterocycles. The second-order valence-electron chi connectivity index (χ2n) is 6.22. The fraction of sp³-hybridized carbons (Fsp3) is 0.588. The van der Waals surface area contributed by atoms with Gasteiger partial charge >= 0.3 is 0 Å². The Kier molecular flexibility index (Phi) is 4.32. The molecule has 0 bridgehead atoms. The number of hydrogen-bond acceptors (Lipinski definition) is 3. The first-order chi connectivity index (χ1) is 10.2. The van der Waals surface area contributed by atoms with Gasteiger partial charge in [0.2, 0.25) is 5.91 Å². The van der Waals surface area contributed by atoms with Crippen LogP contribution in [0.5, 0.6) is 0 Å². The third-order valence-electron chi connectivity index (χ3n) is 4.27. The van der Waals surface area contributed by atoms with Crippen molar-refractivity contribution in [1.29, 1.82) is 0 Å². The predicted octanol–water partition coefficient (Wildman–Crippen LogP) is 3.24. The minimum Gasteiger partial charge on any atom is -0.346 e. The highest BCUT2D eigenvalue weighted by atomic mass is 16.1. The number of allylic oxidation sites excluding steroid dienone is 1. The maximum Gasteiger partial charge on any atom is 0.224 e. The van der Waals surface area contributed by atoms with Crippen LogP contribution in [0.25, 0.3) is 0 Å². The number of nitrogens with zero attached hydrogens (tertiary/aromatic N) is 2. The molecule has 0 spiro atoms. The van der Waals surface area contributed by atoms with Crippen molar-refractivity contribution >= 4 is 5.91 Å². The summed E-state index contributed by atoms with van der Waals surface area (Å²) in [5.74, 6) is 1.39. The van der Waals surface area contributed by atoms with Crippen LogP contribution in [0.2, 0.25) is 0 Å². The molecule has 4 nitrogen and oxygen atoms in total.